The summed E-state index contributed by atoms with van der Waals surface area (Å²) in [5, 5.41) is 10.1. The third-order valence-corrected chi connectivity index (χ3v) is 3.97. The summed E-state index contributed by atoms with van der Waals surface area (Å²) in [5.41, 5.74) is 1.01. The number of methoxy groups -OCH3 is 1. The minimum atomic E-state index is -0.902. The van der Waals surface area contributed by atoms with Gasteiger partial charge in [-0.15, -0.1) is 0 Å². The Morgan fingerprint density at radius 3 is 2.57 bits per heavy atom. The minimum absolute atomic E-state index is 0.0489. The van der Waals surface area contributed by atoms with Crippen LogP contribution in [0.2, 0.25) is 0 Å². The zero-order chi connectivity index (χ0) is 15.4. The van der Waals surface area contributed by atoms with Gasteiger partial charge in [0.15, 0.2) is 11.6 Å². The number of benzene rings is 2. The third kappa shape index (κ3) is 4.02. The summed E-state index contributed by atoms with van der Waals surface area (Å²) in [5.74, 6) is -1.12. The second-order valence-electron chi connectivity index (χ2n) is 4.73. The second kappa shape index (κ2) is 7.00. The molecule has 0 radical (unpaired) electrons. The van der Waals surface area contributed by atoms with Crippen molar-refractivity contribution in [1.82, 2.24) is 0 Å². The normalized spacial score (nSPS) is 12.2. The molecule has 0 aliphatic heterocycles. The summed E-state index contributed by atoms with van der Waals surface area (Å²) in [6.45, 7) is 0. The van der Waals surface area contributed by atoms with Gasteiger partial charge in [0, 0.05) is 10.9 Å². The first-order valence-electron chi connectivity index (χ1n) is 6.44. The van der Waals surface area contributed by atoms with Crippen molar-refractivity contribution < 1.29 is 18.6 Å². The van der Waals surface area contributed by atoms with Crippen LogP contribution in [0.4, 0.5) is 8.78 Å². The summed E-state index contributed by atoms with van der Waals surface area (Å²) in [7, 11) is 1.56. The molecule has 1 N–H and O–H groups in total. The van der Waals surface area contributed by atoms with Crippen molar-refractivity contribution in [2.24, 2.45) is 0 Å². The Balaban J connectivity index is 2.11. The van der Waals surface area contributed by atoms with Crippen LogP contribution in [0, 0.1) is 11.6 Å². The van der Waals surface area contributed by atoms with E-state index in [1.165, 1.54) is 12.1 Å². The fraction of sp³-hybridized carbons (Fsp3) is 0.250. The predicted octanol–water partition coefficient (Wildman–Crippen LogP) is 3.88. The molecule has 1 unspecified atom stereocenters. The molecule has 2 aromatic carbocycles. The highest BCUT2D eigenvalue weighted by molar-refractivity contribution is 9.10. The highest BCUT2D eigenvalue weighted by atomic mass is 79.9. The maximum atomic E-state index is 13.6. The fourth-order valence-corrected chi connectivity index (χ4v) is 2.53. The van der Waals surface area contributed by atoms with E-state index in [2.05, 4.69) is 15.9 Å². The molecule has 2 aromatic rings. The summed E-state index contributed by atoms with van der Waals surface area (Å²) in [4.78, 5) is 0. The Morgan fingerprint density at radius 1 is 1.14 bits per heavy atom. The number of halogens is 3. The van der Waals surface area contributed by atoms with Crippen molar-refractivity contribution in [2.75, 3.05) is 7.11 Å². The number of hydrogen-bond donors (Lipinski definition) is 1. The maximum Gasteiger partial charge on any atom is 0.162 e. The molecule has 0 aromatic heterocycles. The van der Waals surface area contributed by atoms with Gasteiger partial charge in [0.05, 0.1) is 13.2 Å². The lowest BCUT2D eigenvalue weighted by atomic mass is 10.0. The number of aliphatic hydroxyl groups is 1. The largest absolute Gasteiger partial charge is 0.497 e. The predicted molar refractivity (Wildman–Crippen MR) is 80.5 cm³/mol. The van der Waals surface area contributed by atoms with Gasteiger partial charge >= 0.3 is 0 Å². The Kier molecular flexibility index (Phi) is 5.31. The van der Waals surface area contributed by atoms with Crippen LogP contribution >= 0.6 is 15.9 Å². The molecular weight excluding hydrogens is 342 g/mol. The van der Waals surface area contributed by atoms with E-state index in [1.807, 2.05) is 6.07 Å². The molecule has 0 heterocycles. The van der Waals surface area contributed by atoms with Crippen molar-refractivity contribution >= 4 is 15.9 Å². The van der Waals surface area contributed by atoms with Crippen LogP contribution in [0.3, 0.4) is 0 Å². The molecule has 0 aliphatic carbocycles. The average molecular weight is 357 g/mol. The van der Waals surface area contributed by atoms with Crippen molar-refractivity contribution in [2.45, 2.75) is 18.9 Å². The van der Waals surface area contributed by atoms with E-state index >= 15 is 0 Å². The van der Waals surface area contributed by atoms with Gasteiger partial charge < -0.3 is 9.84 Å². The Hall–Kier alpha value is -1.46. The van der Waals surface area contributed by atoms with Crippen LogP contribution < -0.4 is 4.74 Å². The molecule has 0 saturated carbocycles. The van der Waals surface area contributed by atoms with Crippen molar-refractivity contribution in [3.05, 3.63) is 63.6 Å². The first kappa shape index (κ1) is 15.9. The molecule has 0 saturated heterocycles. The molecule has 0 spiro atoms. The van der Waals surface area contributed by atoms with Crippen LogP contribution in [0.15, 0.2) is 40.9 Å². The van der Waals surface area contributed by atoms with E-state index in [1.54, 1.807) is 19.2 Å². The molecule has 0 amide bonds. The molecule has 21 heavy (non-hydrogen) atoms. The molecule has 2 rings (SSSR count). The quantitative estimate of drug-likeness (QED) is 0.880. The lowest BCUT2D eigenvalue weighted by Gasteiger charge is -2.13. The maximum absolute atomic E-state index is 13.6. The summed E-state index contributed by atoms with van der Waals surface area (Å²) >= 11 is 3.40. The van der Waals surface area contributed by atoms with Gasteiger partial charge in [0.25, 0.3) is 0 Å². The van der Waals surface area contributed by atoms with E-state index in [4.69, 9.17) is 4.74 Å². The highest BCUT2D eigenvalue weighted by Gasteiger charge is 2.14. The van der Waals surface area contributed by atoms with Crippen LogP contribution in [-0.2, 0) is 12.8 Å². The van der Waals surface area contributed by atoms with Crippen molar-refractivity contribution in [1.29, 1.82) is 0 Å². The monoisotopic (exact) mass is 356 g/mol. The third-order valence-electron chi connectivity index (χ3n) is 3.20. The summed E-state index contributed by atoms with van der Waals surface area (Å²) < 4.78 is 32.7. The van der Waals surface area contributed by atoms with E-state index < -0.39 is 17.7 Å². The SMILES string of the molecule is COc1ccc(Br)c(CC(O)Cc2cccc(F)c2F)c1. The topological polar surface area (TPSA) is 29.5 Å². The van der Waals surface area contributed by atoms with E-state index in [-0.39, 0.29) is 12.0 Å². The first-order valence-corrected chi connectivity index (χ1v) is 7.24. The van der Waals surface area contributed by atoms with Crippen LogP contribution in [0.25, 0.3) is 0 Å². The first-order chi connectivity index (χ1) is 10.0. The van der Waals surface area contributed by atoms with E-state index in [0.29, 0.717) is 12.2 Å². The molecule has 0 fully saturated rings. The molecular formula is C16H15BrF2O2. The smallest absolute Gasteiger partial charge is 0.162 e. The fourth-order valence-electron chi connectivity index (χ4n) is 2.12. The number of rotatable bonds is 5. The lowest BCUT2D eigenvalue weighted by molar-refractivity contribution is 0.173. The molecule has 0 bridgehead atoms. The van der Waals surface area contributed by atoms with Crippen LogP contribution in [0.1, 0.15) is 11.1 Å². The minimum Gasteiger partial charge on any atom is -0.497 e. The van der Waals surface area contributed by atoms with Crippen molar-refractivity contribution in [3.63, 3.8) is 0 Å². The van der Waals surface area contributed by atoms with E-state index in [9.17, 15) is 13.9 Å². The lowest BCUT2D eigenvalue weighted by Crippen LogP contribution is -2.15. The summed E-state index contributed by atoms with van der Waals surface area (Å²) in [6, 6.07) is 9.39. The summed E-state index contributed by atoms with van der Waals surface area (Å²) in [6.07, 6.45) is -0.453. The van der Waals surface area contributed by atoms with Gasteiger partial charge in [-0.3, -0.25) is 0 Å². The average Bonchev–Trinajstić information content (AvgIpc) is 2.46. The zero-order valence-corrected chi connectivity index (χ0v) is 13.0. The van der Waals surface area contributed by atoms with Gasteiger partial charge in [-0.25, -0.2) is 8.78 Å². The van der Waals surface area contributed by atoms with Crippen molar-refractivity contribution in [3.8, 4) is 5.75 Å². The van der Waals surface area contributed by atoms with E-state index in [0.717, 1.165) is 16.1 Å². The highest BCUT2D eigenvalue weighted by Crippen LogP contribution is 2.24. The van der Waals surface area contributed by atoms with Gasteiger partial charge in [-0.1, -0.05) is 28.1 Å². The van der Waals surface area contributed by atoms with Gasteiger partial charge in [-0.05, 0) is 41.8 Å². The standard InChI is InChI=1S/C16H15BrF2O2/c1-21-13-5-6-14(17)11(9-13)8-12(20)7-10-3-2-4-15(18)16(10)19/h2-6,9,12,20H,7-8H2,1H3. The van der Waals surface area contributed by atoms with Crippen LogP contribution in [-0.4, -0.2) is 18.3 Å². The Bertz CT molecular complexity index is 632. The van der Waals surface area contributed by atoms with Crippen LogP contribution in [0.5, 0.6) is 5.75 Å². The molecule has 1 atom stereocenters. The molecule has 112 valence electrons. The Labute approximate surface area is 130 Å². The molecule has 5 heteroatoms. The molecule has 0 aliphatic rings. The van der Waals surface area contributed by atoms with Gasteiger partial charge in [0.2, 0.25) is 0 Å². The number of hydrogen-bond acceptors (Lipinski definition) is 2. The number of ether oxygens (including phenoxy) is 1. The molecule has 2 nitrogen and oxygen atoms in total. The van der Waals surface area contributed by atoms with Gasteiger partial charge in [-0.2, -0.15) is 0 Å². The van der Waals surface area contributed by atoms with Gasteiger partial charge in [0.1, 0.15) is 5.75 Å². The Morgan fingerprint density at radius 2 is 1.86 bits per heavy atom. The second-order valence-corrected chi connectivity index (χ2v) is 5.59. The number of aliphatic hydroxyl groups excluding tert-OH is 1. The zero-order valence-electron chi connectivity index (χ0n) is 11.4.